The van der Waals surface area contributed by atoms with Gasteiger partial charge < -0.3 is 40.1 Å². The molecule has 0 atom stereocenters. The highest BCUT2D eigenvalue weighted by atomic mass is 16.5. The van der Waals surface area contributed by atoms with Gasteiger partial charge in [-0.2, -0.15) is 5.10 Å². The van der Waals surface area contributed by atoms with Crippen LogP contribution in [0.2, 0.25) is 0 Å². The SMILES string of the molecule is Nc1ncnc2c1c(-c1ccc(Oc3ccccc3)cc1)nn2C1CCN(C2CCN(C3CCN(C4CCN(C5CCN(C(=O)O)CC5)CC4)CC3)CC2)CC1. The normalized spacial score (nSPS) is 22.9. The predicted molar refractivity (Wildman–Crippen MR) is 218 cm³/mol. The van der Waals surface area contributed by atoms with Gasteiger partial charge in [0.2, 0.25) is 0 Å². The van der Waals surface area contributed by atoms with Crippen molar-refractivity contribution in [1.82, 2.24) is 44.2 Å². The van der Waals surface area contributed by atoms with E-state index < -0.39 is 6.09 Å². The molecule has 0 spiro atoms. The molecule has 2 aromatic heterocycles. The van der Waals surface area contributed by atoms with E-state index in [1.165, 1.54) is 64.7 Å². The first-order valence-corrected chi connectivity index (χ1v) is 21.2. The van der Waals surface area contributed by atoms with Crippen LogP contribution in [0.4, 0.5) is 10.6 Å². The van der Waals surface area contributed by atoms with E-state index in [9.17, 15) is 9.90 Å². The predicted octanol–water partition coefficient (Wildman–Crippen LogP) is 6.04. The zero-order valence-corrected chi connectivity index (χ0v) is 32.7. The van der Waals surface area contributed by atoms with Crippen molar-refractivity contribution in [3.63, 3.8) is 0 Å². The number of piperidine rings is 5. The topological polar surface area (TPSA) is 132 Å². The number of nitrogen functional groups attached to an aromatic ring is 1. The number of benzene rings is 2. The molecule has 56 heavy (non-hydrogen) atoms. The first kappa shape index (κ1) is 37.3. The lowest BCUT2D eigenvalue weighted by molar-refractivity contribution is 0.0178. The van der Waals surface area contributed by atoms with Gasteiger partial charge in [0.15, 0.2) is 5.65 Å². The van der Waals surface area contributed by atoms with Gasteiger partial charge >= 0.3 is 6.09 Å². The van der Waals surface area contributed by atoms with Gasteiger partial charge in [0.25, 0.3) is 0 Å². The first-order chi connectivity index (χ1) is 27.5. The molecule has 3 N–H and O–H groups in total. The Morgan fingerprint density at radius 1 is 0.589 bits per heavy atom. The summed E-state index contributed by atoms with van der Waals surface area (Å²) in [6.45, 7) is 10.7. The molecule has 13 nitrogen and oxygen atoms in total. The zero-order chi connectivity index (χ0) is 38.0. The van der Waals surface area contributed by atoms with Crippen molar-refractivity contribution >= 4 is 22.9 Å². The molecule has 13 heteroatoms. The molecule has 0 unspecified atom stereocenters. The third-order valence-electron chi connectivity index (χ3n) is 13.8. The molecule has 9 rings (SSSR count). The lowest BCUT2D eigenvalue weighted by Gasteiger charge is -2.48. The van der Waals surface area contributed by atoms with Gasteiger partial charge in [-0.25, -0.2) is 19.4 Å². The van der Waals surface area contributed by atoms with E-state index in [0.29, 0.717) is 37.0 Å². The second-order valence-electron chi connectivity index (χ2n) is 16.8. The van der Waals surface area contributed by atoms with Crippen molar-refractivity contribution in [2.45, 2.75) is 94.4 Å². The monoisotopic (exact) mass is 762 g/mol. The molecule has 4 aromatic rings. The van der Waals surface area contributed by atoms with Crippen LogP contribution in [-0.2, 0) is 0 Å². The number of aromatic nitrogens is 4. The van der Waals surface area contributed by atoms with E-state index in [4.69, 9.17) is 20.6 Å². The van der Waals surface area contributed by atoms with E-state index in [-0.39, 0.29) is 6.04 Å². The minimum atomic E-state index is -0.765. The lowest BCUT2D eigenvalue weighted by atomic mass is 9.93. The highest BCUT2D eigenvalue weighted by Gasteiger charge is 2.36. The molecular formula is C43H58N10O3. The maximum absolute atomic E-state index is 11.3. The van der Waals surface area contributed by atoms with E-state index >= 15 is 0 Å². The molecule has 5 fully saturated rings. The number of rotatable bonds is 8. The summed E-state index contributed by atoms with van der Waals surface area (Å²) in [7, 11) is 0. The number of nitrogens with two attached hydrogens (primary N) is 1. The lowest BCUT2D eigenvalue weighted by Crippen LogP contribution is -2.55. The number of amides is 1. The van der Waals surface area contributed by atoms with Crippen LogP contribution in [0.5, 0.6) is 11.5 Å². The number of carboxylic acid groups (broad SMARTS) is 1. The third kappa shape index (κ3) is 7.96. The van der Waals surface area contributed by atoms with Gasteiger partial charge in [-0.05, 0) is 140 Å². The summed E-state index contributed by atoms with van der Waals surface area (Å²) < 4.78 is 8.15. The summed E-state index contributed by atoms with van der Waals surface area (Å²) in [6, 6.07) is 20.8. The number of fused-ring (bicyclic) bond motifs is 1. The second-order valence-corrected chi connectivity index (χ2v) is 16.8. The fraction of sp³-hybridized carbons (Fsp3) is 0.581. The minimum Gasteiger partial charge on any atom is -0.465 e. The van der Waals surface area contributed by atoms with Crippen molar-refractivity contribution in [1.29, 1.82) is 0 Å². The standard InChI is InChI=1S/C43H58N10O3/c44-41-39-40(31-6-8-38(9-7-31)56-37-4-2-1-3-5-37)47-53(42(39)46-30-45-41)36-18-26-51(27-19-36)34-14-22-49(23-15-34)32-10-20-48(21-11-32)33-12-24-50(25-13-33)35-16-28-52(29-17-35)43(54)55/h1-9,30,32-36H,10-29H2,(H,54,55)(H2,44,45,46). The van der Waals surface area contributed by atoms with E-state index in [0.717, 1.165) is 91.7 Å². The fourth-order valence-electron chi connectivity index (χ4n) is 10.5. The zero-order valence-electron chi connectivity index (χ0n) is 32.7. The van der Waals surface area contributed by atoms with Crippen LogP contribution in [0.15, 0.2) is 60.9 Å². The average molecular weight is 763 g/mol. The smallest absolute Gasteiger partial charge is 0.407 e. The van der Waals surface area contributed by atoms with Crippen molar-refractivity contribution in [3.8, 4) is 22.8 Å². The molecule has 0 radical (unpaired) electrons. The fourth-order valence-corrected chi connectivity index (χ4v) is 10.5. The highest BCUT2D eigenvalue weighted by Crippen LogP contribution is 2.36. The van der Waals surface area contributed by atoms with E-state index in [1.807, 2.05) is 54.6 Å². The summed E-state index contributed by atoms with van der Waals surface area (Å²) in [5.41, 5.74) is 9.08. The largest absolute Gasteiger partial charge is 0.465 e. The van der Waals surface area contributed by atoms with E-state index in [2.05, 4.69) is 29.3 Å². The van der Waals surface area contributed by atoms with Gasteiger partial charge in [0.1, 0.15) is 29.3 Å². The highest BCUT2D eigenvalue weighted by molar-refractivity contribution is 5.98. The maximum atomic E-state index is 11.3. The van der Waals surface area contributed by atoms with Crippen LogP contribution < -0.4 is 10.5 Å². The Bertz CT molecular complexity index is 1900. The Kier molecular flexibility index (Phi) is 11.1. The summed E-state index contributed by atoms with van der Waals surface area (Å²) in [5, 5.41) is 15.3. The Labute approximate surface area is 330 Å². The molecule has 5 aliphatic rings. The quantitative estimate of drug-likeness (QED) is 0.218. The van der Waals surface area contributed by atoms with Gasteiger partial charge in [-0.1, -0.05) is 18.2 Å². The van der Waals surface area contributed by atoms with Crippen molar-refractivity contribution in [2.24, 2.45) is 0 Å². The Morgan fingerprint density at radius 2 is 1.04 bits per heavy atom. The van der Waals surface area contributed by atoms with Gasteiger partial charge in [-0.3, -0.25) is 0 Å². The Balaban J connectivity index is 0.736. The van der Waals surface area contributed by atoms with Crippen molar-refractivity contribution < 1.29 is 14.6 Å². The van der Waals surface area contributed by atoms with Crippen molar-refractivity contribution in [3.05, 3.63) is 60.9 Å². The number of hydrogen-bond acceptors (Lipinski definition) is 10. The van der Waals surface area contributed by atoms with Gasteiger partial charge in [0.05, 0.1) is 11.4 Å². The summed E-state index contributed by atoms with van der Waals surface area (Å²) in [5.74, 6) is 2.04. The van der Waals surface area contributed by atoms with Crippen molar-refractivity contribution in [2.75, 3.05) is 71.2 Å². The first-order valence-electron chi connectivity index (χ1n) is 21.2. The molecule has 1 amide bonds. The number of nitrogens with zero attached hydrogens (tertiary/aromatic N) is 9. The van der Waals surface area contributed by atoms with Gasteiger partial charge in [-0.15, -0.1) is 0 Å². The molecule has 2 aromatic carbocycles. The van der Waals surface area contributed by atoms with Crippen LogP contribution in [0, 0.1) is 0 Å². The van der Waals surface area contributed by atoms with Crippen LogP contribution in [0.3, 0.4) is 0 Å². The maximum Gasteiger partial charge on any atom is 0.407 e. The summed E-state index contributed by atoms with van der Waals surface area (Å²) in [4.78, 5) is 32.9. The molecule has 5 saturated heterocycles. The number of hydrogen-bond donors (Lipinski definition) is 2. The molecule has 0 bridgehead atoms. The Hall–Kier alpha value is -4.30. The van der Waals surface area contributed by atoms with Gasteiger partial charge in [0, 0.05) is 55.9 Å². The van der Waals surface area contributed by atoms with Crippen LogP contribution in [0.25, 0.3) is 22.3 Å². The number of anilines is 1. The van der Waals surface area contributed by atoms with Crippen LogP contribution >= 0.6 is 0 Å². The number of ether oxygens (including phenoxy) is 1. The molecule has 0 aliphatic carbocycles. The molecular weight excluding hydrogens is 705 g/mol. The van der Waals surface area contributed by atoms with E-state index in [1.54, 1.807) is 11.2 Å². The molecule has 7 heterocycles. The second kappa shape index (κ2) is 16.7. The Morgan fingerprint density at radius 3 is 1.52 bits per heavy atom. The number of carbonyl (C=O) groups is 1. The summed E-state index contributed by atoms with van der Waals surface area (Å²) >= 11 is 0. The molecule has 298 valence electrons. The minimum absolute atomic E-state index is 0.270. The average Bonchev–Trinajstić information content (AvgIpc) is 3.66. The van der Waals surface area contributed by atoms with Crippen LogP contribution in [0.1, 0.15) is 70.3 Å². The molecule has 5 aliphatic heterocycles. The van der Waals surface area contributed by atoms with Crippen LogP contribution in [-0.4, -0.2) is 145 Å². The molecule has 0 saturated carbocycles. The third-order valence-corrected chi connectivity index (χ3v) is 13.8. The number of para-hydroxylation sites is 1. The number of likely N-dealkylation sites (tertiary alicyclic amines) is 5. The summed E-state index contributed by atoms with van der Waals surface area (Å²) in [6.07, 6.45) is 12.5.